The van der Waals surface area contributed by atoms with E-state index >= 15 is 0 Å². The summed E-state index contributed by atoms with van der Waals surface area (Å²) in [4.78, 5) is 24.0. The molecule has 0 bridgehead atoms. The Bertz CT molecular complexity index is 562. The van der Waals surface area contributed by atoms with Crippen molar-refractivity contribution < 1.29 is 32.2 Å². The van der Waals surface area contributed by atoms with Crippen molar-refractivity contribution in [3.8, 4) is 0 Å². The Hall–Kier alpha value is -1.99. The molecule has 0 aromatic heterocycles. The maximum Gasteiger partial charge on any atom is 0.431 e. The lowest BCUT2D eigenvalue weighted by atomic mass is 9.84. The van der Waals surface area contributed by atoms with E-state index in [1.54, 1.807) is 20.8 Å². The van der Waals surface area contributed by atoms with Crippen molar-refractivity contribution in [2.45, 2.75) is 33.9 Å². The largest absolute Gasteiger partial charge is 0.466 e. The topological polar surface area (TPSA) is 64.6 Å². The van der Waals surface area contributed by atoms with Gasteiger partial charge >= 0.3 is 18.1 Å². The summed E-state index contributed by atoms with van der Waals surface area (Å²) in [6, 6.07) is 0. The number of rotatable bonds is 4. The van der Waals surface area contributed by atoms with Crippen LogP contribution in [0.15, 0.2) is 22.5 Å². The van der Waals surface area contributed by atoms with Gasteiger partial charge in [-0.15, -0.1) is 0 Å². The van der Waals surface area contributed by atoms with Crippen molar-refractivity contribution in [2.75, 3.05) is 13.7 Å². The van der Waals surface area contributed by atoms with Gasteiger partial charge in [0.1, 0.15) is 5.70 Å². The van der Waals surface area contributed by atoms with Crippen LogP contribution in [0.3, 0.4) is 0 Å². The highest BCUT2D eigenvalue weighted by molar-refractivity contribution is 5.98. The van der Waals surface area contributed by atoms with Crippen LogP contribution in [0.4, 0.5) is 13.2 Å². The molecular weight excluding hydrogens is 315 g/mol. The molecule has 130 valence electrons. The fourth-order valence-electron chi connectivity index (χ4n) is 2.43. The van der Waals surface area contributed by atoms with Crippen LogP contribution in [0, 0.1) is 11.8 Å². The molecule has 23 heavy (non-hydrogen) atoms. The lowest BCUT2D eigenvalue weighted by molar-refractivity contribution is -0.140. The summed E-state index contributed by atoms with van der Waals surface area (Å²) in [5.41, 5.74) is -1.73. The molecule has 0 amide bonds. The second-order valence-corrected chi connectivity index (χ2v) is 5.33. The summed E-state index contributed by atoms with van der Waals surface area (Å²) in [5.74, 6) is -3.38. The summed E-state index contributed by atoms with van der Waals surface area (Å²) in [6.07, 6.45) is -4.78. The van der Waals surface area contributed by atoms with Crippen molar-refractivity contribution in [3.63, 3.8) is 0 Å². The van der Waals surface area contributed by atoms with Gasteiger partial charge in [-0.1, -0.05) is 20.8 Å². The molecule has 0 saturated carbocycles. The summed E-state index contributed by atoms with van der Waals surface area (Å²) in [7, 11) is 0.988. The van der Waals surface area contributed by atoms with Crippen LogP contribution in [-0.2, 0) is 19.1 Å². The molecule has 0 aromatic rings. The van der Waals surface area contributed by atoms with Gasteiger partial charge in [0.2, 0.25) is 0 Å². The van der Waals surface area contributed by atoms with E-state index in [1.165, 1.54) is 6.92 Å². The number of hydrogen-bond acceptors (Lipinski definition) is 5. The van der Waals surface area contributed by atoms with Gasteiger partial charge in [-0.2, -0.15) is 13.2 Å². The molecule has 0 spiro atoms. The lowest BCUT2D eigenvalue weighted by Gasteiger charge is -2.32. The predicted molar refractivity (Wildman–Crippen MR) is 75.9 cm³/mol. The third-order valence-corrected chi connectivity index (χ3v) is 3.45. The highest BCUT2D eigenvalue weighted by atomic mass is 19.4. The molecule has 1 unspecified atom stereocenters. The number of alkyl halides is 3. The Kier molecular flexibility index (Phi) is 5.85. The number of hydrogen-bond donors (Lipinski definition) is 1. The van der Waals surface area contributed by atoms with E-state index in [0.29, 0.717) is 0 Å². The number of methoxy groups -OCH3 is 1. The van der Waals surface area contributed by atoms with E-state index in [4.69, 9.17) is 4.74 Å². The van der Waals surface area contributed by atoms with Crippen LogP contribution in [-0.4, -0.2) is 31.8 Å². The van der Waals surface area contributed by atoms with Crippen LogP contribution in [0.2, 0.25) is 0 Å². The Morgan fingerprint density at radius 3 is 2.17 bits per heavy atom. The van der Waals surface area contributed by atoms with Crippen molar-refractivity contribution in [1.82, 2.24) is 5.32 Å². The SMILES string of the molecule is CCOC(=O)C1=C(C(C)C)NC(C(F)(F)F)=C(C(=O)OC)C1C. The molecule has 0 fully saturated rings. The van der Waals surface area contributed by atoms with Gasteiger partial charge in [0, 0.05) is 11.6 Å². The summed E-state index contributed by atoms with van der Waals surface area (Å²) in [5, 5.41) is 2.21. The second kappa shape index (κ2) is 7.06. The standard InChI is InChI=1S/C15H20F3NO4/c1-6-23-14(21)9-8(4)10(13(20)22-5)12(15(16,17)18)19-11(9)7(2)3/h7-8,19H,6H2,1-5H3. The van der Waals surface area contributed by atoms with E-state index in [9.17, 15) is 22.8 Å². The monoisotopic (exact) mass is 335 g/mol. The zero-order valence-corrected chi connectivity index (χ0v) is 13.6. The summed E-state index contributed by atoms with van der Waals surface area (Å²) >= 11 is 0. The molecule has 1 heterocycles. The fourth-order valence-corrected chi connectivity index (χ4v) is 2.43. The number of esters is 2. The Morgan fingerprint density at radius 1 is 1.22 bits per heavy atom. The zero-order chi connectivity index (χ0) is 17.9. The van der Waals surface area contributed by atoms with Crippen LogP contribution in [0.5, 0.6) is 0 Å². The molecule has 1 atom stereocenters. The highest BCUT2D eigenvalue weighted by Crippen LogP contribution is 2.39. The van der Waals surface area contributed by atoms with Gasteiger partial charge < -0.3 is 14.8 Å². The molecule has 0 aromatic carbocycles. The van der Waals surface area contributed by atoms with E-state index in [1.807, 2.05) is 0 Å². The molecular formula is C15H20F3NO4. The lowest BCUT2D eigenvalue weighted by Crippen LogP contribution is -2.40. The zero-order valence-electron chi connectivity index (χ0n) is 13.6. The molecule has 5 nitrogen and oxygen atoms in total. The van der Waals surface area contributed by atoms with Gasteiger partial charge in [0.15, 0.2) is 0 Å². The van der Waals surface area contributed by atoms with E-state index in [2.05, 4.69) is 10.1 Å². The average molecular weight is 335 g/mol. The number of ether oxygens (including phenoxy) is 2. The summed E-state index contributed by atoms with van der Waals surface area (Å²) in [6.45, 7) is 6.31. The Morgan fingerprint density at radius 2 is 1.78 bits per heavy atom. The first-order valence-corrected chi connectivity index (χ1v) is 7.14. The number of carbonyl (C=O) groups is 2. The fraction of sp³-hybridized carbons (Fsp3) is 0.600. The third kappa shape index (κ3) is 3.86. The minimum absolute atomic E-state index is 0.00949. The van der Waals surface area contributed by atoms with Crippen LogP contribution in [0.1, 0.15) is 27.7 Å². The van der Waals surface area contributed by atoms with Gasteiger partial charge in [0.05, 0.1) is 24.9 Å². The molecule has 8 heteroatoms. The van der Waals surface area contributed by atoms with Crippen molar-refractivity contribution in [3.05, 3.63) is 22.5 Å². The first-order chi connectivity index (χ1) is 10.6. The molecule has 1 aliphatic heterocycles. The van der Waals surface area contributed by atoms with Crippen LogP contribution in [0.25, 0.3) is 0 Å². The highest BCUT2D eigenvalue weighted by Gasteiger charge is 2.46. The van der Waals surface area contributed by atoms with E-state index in [0.717, 1.165) is 7.11 Å². The number of dihydropyridines is 1. The molecule has 0 saturated heterocycles. The van der Waals surface area contributed by atoms with Gasteiger partial charge in [-0.25, -0.2) is 9.59 Å². The average Bonchev–Trinajstić information content (AvgIpc) is 2.44. The molecule has 0 radical (unpaired) electrons. The maximum absolute atomic E-state index is 13.3. The first-order valence-electron chi connectivity index (χ1n) is 7.14. The smallest absolute Gasteiger partial charge is 0.431 e. The van der Waals surface area contributed by atoms with Gasteiger partial charge in [-0.3, -0.25) is 0 Å². The maximum atomic E-state index is 13.3. The minimum Gasteiger partial charge on any atom is -0.466 e. The van der Waals surface area contributed by atoms with E-state index in [-0.39, 0.29) is 17.9 Å². The van der Waals surface area contributed by atoms with Crippen LogP contribution >= 0.6 is 0 Å². The van der Waals surface area contributed by atoms with Gasteiger partial charge in [0.25, 0.3) is 0 Å². The van der Waals surface area contributed by atoms with Crippen molar-refractivity contribution >= 4 is 11.9 Å². The Labute approximate surface area is 132 Å². The number of nitrogens with one attached hydrogen (secondary N) is 1. The molecule has 1 N–H and O–H groups in total. The molecule has 1 rings (SSSR count). The third-order valence-electron chi connectivity index (χ3n) is 3.45. The number of carbonyl (C=O) groups excluding carboxylic acids is 2. The number of allylic oxidation sites excluding steroid dienone is 2. The second-order valence-electron chi connectivity index (χ2n) is 5.33. The van der Waals surface area contributed by atoms with Crippen molar-refractivity contribution in [1.29, 1.82) is 0 Å². The van der Waals surface area contributed by atoms with Crippen molar-refractivity contribution in [2.24, 2.45) is 11.8 Å². The normalized spacial score (nSPS) is 18.9. The predicted octanol–water partition coefficient (Wildman–Crippen LogP) is 2.69. The molecule has 0 aliphatic carbocycles. The first kappa shape index (κ1) is 19.1. The number of halogens is 3. The van der Waals surface area contributed by atoms with Crippen LogP contribution < -0.4 is 5.32 Å². The van der Waals surface area contributed by atoms with Gasteiger partial charge in [-0.05, 0) is 12.8 Å². The summed E-state index contributed by atoms with van der Waals surface area (Å²) < 4.78 is 49.3. The quantitative estimate of drug-likeness (QED) is 0.800. The minimum atomic E-state index is -4.78. The van der Waals surface area contributed by atoms with E-state index < -0.39 is 41.2 Å². The molecule has 1 aliphatic rings. The Balaban J connectivity index is 3.53.